The Hall–Kier alpha value is -1.40. The Labute approximate surface area is 127 Å². The number of aliphatic hydroxyl groups excluding tert-OH is 1. The van der Waals surface area contributed by atoms with E-state index in [0.717, 1.165) is 19.5 Å². The molecule has 1 N–H and O–H groups in total. The van der Waals surface area contributed by atoms with Crippen molar-refractivity contribution in [3.8, 4) is 11.8 Å². The molecule has 0 aromatic carbocycles. The summed E-state index contributed by atoms with van der Waals surface area (Å²) in [5, 5.41) is 10.9. The molecule has 0 aliphatic rings. The number of ether oxygens (including phenoxy) is 2. The first-order valence-corrected chi connectivity index (χ1v) is 7.36. The number of aliphatic hydroxyl groups is 1. The normalized spacial score (nSPS) is 15.6. The van der Waals surface area contributed by atoms with E-state index in [1.54, 1.807) is 0 Å². The Morgan fingerprint density at radius 1 is 1.24 bits per heavy atom. The number of aromatic nitrogens is 2. The van der Waals surface area contributed by atoms with Crippen LogP contribution < -0.4 is 9.47 Å². The molecule has 0 radical (unpaired) electrons. The molecular formula is C15H27N3O3. The molecule has 21 heavy (non-hydrogen) atoms. The number of hydrogen-bond donors (Lipinski definition) is 1. The first-order chi connectivity index (χ1) is 9.98. The Kier molecular flexibility index (Phi) is 6.36. The summed E-state index contributed by atoms with van der Waals surface area (Å²) in [6.45, 7) is 9.97. The second kappa shape index (κ2) is 7.56. The molecule has 0 aliphatic carbocycles. The third-order valence-electron chi connectivity index (χ3n) is 4.20. The van der Waals surface area contributed by atoms with Gasteiger partial charge in [-0.15, -0.1) is 0 Å². The van der Waals surface area contributed by atoms with Crippen LogP contribution in [0.2, 0.25) is 0 Å². The predicted molar refractivity (Wildman–Crippen MR) is 81.7 cm³/mol. The van der Waals surface area contributed by atoms with Crippen LogP contribution >= 0.6 is 0 Å². The zero-order chi connectivity index (χ0) is 16.0. The lowest BCUT2D eigenvalue weighted by Gasteiger charge is -2.43. The van der Waals surface area contributed by atoms with E-state index in [4.69, 9.17) is 9.47 Å². The van der Waals surface area contributed by atoms with Crippen LogP contribution in [0, 0.1) is 0 Å². The van der Waals surface area contributed by atoms with E-state index >= 15 is 0 Å². The quantitative estimate of drug-likeness (QED) is 0.792. The summed E-state index contributed by atoms with van der Waals surface area (Å²) in [5.41, 5.74) is 0.00889. The maximum absolute atomic E-state index is 10.9. The molecule has 0 aliphatic heterocycles. The molecule has 2 unspecified atom stereocenters. The first-order valence-electron chi connectivity index (χ1n) is 7.36. The zero-order valence-electron chi connectivity index (χ0n) is 13.9. The second-order valence-corrected chi connectivity index (χ2v) is 5.09. The maximum atomic E-state index is 10.9. The second-order valence-electron chi connectivity index (χ2n) is 5.09. The number of nitrogens with zero attached hydrogens (tertiary/aromatic N) is 3. The predicted octanol–water partition coefficient (Wildman–Crippen LogP) is 2.04. The van der Waals surface area contributed by atoms with Gasteiger partial charge in [-0.25, -0.2) is 4.98 Å². The monoisotopic (exact) mass is 297 g/mol. The van der Waals surface area contributed by atoms with Gasteiger partial charge in [0.25, 0.3) is 0 Å². The number of rotatable bonds is 8. The van der Waals surface area contributed by atoms with Gasteiger partial charge in [-0.1, -0.05) is 20.8 Å². The fourth-order valence-corrected chi connectivity index (χ4v) is 2.63. The maximum Gasteiger partial charge on any atom is 0.241 e. The van der Waals surface area contributed by atoms with Crippen LogP contribution in [-0.2, 0) is 0 Å². The smallest absolute Gasteiger partial charge is 0.241 e. The van der Waals surface area contributed by atoms with E-state index in [9.17, 15) is 5.11 Å². The summed E-state index contributed by atoms with van der Waals surface area (Å²) >= 11 is 0. The molecule has 1 heterocycles. The van der Waals surface area contributed by atoms with Gasteiger partial charge in [-0.3, -0.25) is 4.90 Å². The molecule has 6 nitrogen and oxygen atoms in total. The largest absolute Gasteiger partial charge is 0.480 e. The van der Waals surface area contributed by atoms with E-state index in [0.29, 0.717) is 17.5 Å². The van der Waals surface area contributed by atoms with Crippen LogP contribution in [0.4, 0.5) is 0 Å². The Bertz CT molecular complexity index is 452. The number of hydrogen-bond acceptors (Lipinski definition) is 6. The van der Waals surface area contributed by atoms with Gasteiger partial charge in [0.2, 0.25) is 11.8 Å². The van der Waals surface area contributed by atoms with Gasteiger partial charge in [-0.2, -0.15) is 4.98 Å². The fraction of sp³-hybridized carbons (Fsp3) is 0.733. The summed E-state index contributed by atoms with van der Waals surface area (Å²) in [6.07, 6.45) is 1.49. The van der Waals surface area contributed by atoms with E-state index in [1.807, 2.05) is 6.92 Å². The van der Waals surface area contributed by atoms with Crippen molar-refractivity contribution in [2.45, 2.75) is 45.8 Å². The molecule has 0 saturated heterocycles. The summed E-state index contributed by atoms with van der Waals surface area (Å²) in [5.74, 6) is 0.664. The van der Waals surface area contributed by atoms with Crippen molar-refractivity contribution in [1.29, 1.82) is 0 Å². The summed E-state index contributed by atoms with van der Waals surface area (Å²) < 4.78 is 10.3. The topological polar surface area (TPSA) is 67.7 Å². The van der Waals surface area contributed by atoms with Crippen molar-refractivity contribution in [2.24, 2.45) is 0 Å². The molecule has 1 rings (SSSR count). The van der Waals surface area contributed by atoms with Crippen molar-refractivity contribution >= 4 is 0 Å². The minimum Gasteiger partial charge on any atom is -0.480 e. The van der Waals surface area contributed by atoms with Gasteiger partial charge >= 0.3 is 0 Å². The van der Waals surface area contributed by atoms with E-state index in [1.165, 1.54) is 20.4 Å². The van der Waals surface area contributed by atoms with Crippen molar-refractivity contribution in [3.05, 3.63) is 11.9 Å². The molecule has 0 bridgehead atoms. The molecule has 0 fully saturated rings. The molecule has 120 valence electrons. The highest BCUT2D eigenvalue weighted by Gasteiger charge is 2.39. The minimum atomic E-state index is -0.796. The molecule has 0 amide bonds. The van der Waals surface area contributed by atoms with E-state index in [2.05, 4.69) is 35.6 Å². The van der Waals surface area contributed by atoms with Crippen molar-refractivity contribution < 1.29 is 14.6 Å². The minimum absolute atomic E-state index is 0.300. The standard InChI is InChI=1S/C15H27N3O3/c1-7-15(4,18(8-2)9-3)13(19)12-14(21-6)17-11(20-5)10-16-12/h10,13,19H,7-9H2,1-6H3. The van der Waals surface area contributed by atoms with Crippen molar-refractivity contribution in [1.82, 2.24) is 14.9 Å². The van der Waals surface area contributed by atoms with Crippen LogP contribution in [-0.4, -0.2) is 52.8 Å². The van der Waals surface area contributed by atoms with Crippen molar-refractivity contribution in [2.75, 3.05) is 27.3 Å². The highest BCUT2D eigenvalue weighted by Crippen LogP contribution is 2.36. The molecular weight excluding hydrogens is 270 g/mol. The highest BCUT2D eigenvalue weighted by molar-refractivity contribution is 5.27. The van der Waals surface area contributed by atoms with Crippen molar-refractivity contribution in [3.63, 3.8) is 0 Å². The molecule has 0 spiro atoms. The summed E-state index contributed by atoms with van der Waals surface area (Å²) in [7, 11) is 3.03. The van der Waals surface area contributed by atoms with Crippen LogP contribution in [0.15, 0.2) is 6.20 Å². The first kappa shape index (κ1) is 17.7. The van der Waals surface area contributed by atoms with Gasteiger partial charge < -0.3 is 14.6 Å². The molecule has 0 saturated carbocycles. The summed E-state index contributed by atoms with van der Waals surface area (Å²) in [4.78, 5) is 10.7. The third-order valence-corrected chi connectivity index (χ3v) is 4.20. The fourth-order valence-electron chi connectivity index (χ4n) is 2.63. The van der Waals surface area contributed by atoms with Crippen LogP contribution in [0.1, 0.15) is 45.9 Å². The van der Waals surface area contributed by atoms with Crippen LogP contribution in [0.3, 0.4) is 0 Å². The van der Waals surface area contributed by atoms with Gasteiger partial charge in [0, 0.05) is 5.54 Å². The van der Waals surface area contributed by atoms with E-state index < -0.39 is 11.6 Å². The highest BCUT2D eigenvalue weighted by atomic mass is 16.5. The molecule has 6 heteroatoms. The van der Waals surface area contributed by atoms with Gasteiger partial charge in [0.15, 0.2) is 0 Å². The molecule has 2 atom stereocenters. The average molecular weight is 297 g/mol. The summed E-state index contributed by atoms with van der Waals surface area (Å²) in [6, 6.07) is 0. The third kappa shape index (κ3) is 3.44. The number of likely N-dealkylation sites (N-methyl/N-ethyl adjacent to an activating group) is 1. The lowest BCUT2D eigenvalue weighted by molar-refractivity contribution is -0.0251. The Balaban J connectivity index is 3.24. The Morgan fingerprint density at radius 2 is 1.86 bits per heavy atom. The molecule has 1 aromatic heterocycles. The lowest BCUT2D eigenvalue weighted by Crippen LogP contribution is -2.50. The molecule has 1 aromatic rings. The zero-order valence-corrected chi connectivity index (χ0v) is 13.9. The lowest BCUT2D eigenvalue weighted by atomic mass is 9.87. The number of methoxy groups -OCH3 is 2. The van der Waals surface area contributed by atoms with Crippen LogP contribution in [0.25, 0.3) is 0 Å². The van der Waals surface area contributed by atoms with Gasteiger partial charge in [0.05, 0.1) is 20.4 Å². The van der Waals surface area contributed by atoms with Gasteiger partial charge in [-0.05, 0) is 26.4 Å². The average Bonchev–Trinajstić information content (AvgIpc) is 2.54. The Morgan fingerprint density at radius 3 is 2.29 bits per heavy atom. The SMILES string of the molecule is CCN(CC)C(C)(CC)C(O)c1ncc(OC)nc1OC. The van der Waals surface area contributed by atoms with E-state index in [-0.39, 0.29) is 0 Å². The van der Waals surface area contributed by atoms with Gasteiger partial charge in [0.1, 0.15) is 11.8 Å². The van der Waals surface area contributed by atoms with Crippen LogP contribution in [0.5, 0.6) is 11.8 Å².